The fourth-order valence-corrected chi connectivity index (χ4v) is 3.29. The minimum Gasteiger partial charge on any atom is -0.495 e. The number of halogens is 1. The molecule has 1 N–H and O–H groups in total. The van der Waals surface area contributed by atoms with Crippen molar-refractivity contribution in [3.8, 4) is 5.75 Å². The number of carbonyl (C=O) groups is 2. The van der Waals surface area contributed by atoms with Crippen LogP contribution in [0.3, 0.4) is 0 Å². The Bertz CT molecular complexity index is 1110. The van der Waals surface area contributed by atoms with Gasteiger partial charge in [0.05, 0.1) is 29.7 Å². The van der Waals surface area contributed by atoms with E-state index in [4.69, 9.17) is 16.3 Å². The van der Waals surface area contributed by atoms with Crippen molar-refractivity contribution >= 4 is 40.3 Å². The zero-order chi connectivity index (χ0) is 22.0. The van der Waals surface area contributed by atoms with Crippen molar-refractivity contribution in [3.05, 3.63) is 52.8 Å². The van der Waals surface area contributed by atoms with Gasteiger partial charge in [-0.2, -0.15) is 0 Å². The average molecular weight is 430 g/mol. The van der Waals surface area contributed by atoms with Gasteiger partial charge < -0.3 is 24.4 Å². The highest BCUT2D eigenvalue weighted by Gasteiger charge is 2.16. The quantitative estimate of drug-likeness (QED) is 0.672. The molecule has 1 aromatic heterocycles. The minimum absolute atomic E-state index is 0.0845. The zero-order valence-electron chi connectivity index (χ0n) is 17.6. The first-order valence-corrected chi connectivity index (χ1v) is 9.61. The Balaban J connectivity index is 1.76. The summed E-state index contributed by atoms with van der Waals surface area (Å²) in [5, 5.41) is 3.22. The summed E-state index contributed by atoms with van der Waals surface area (Å²) in [5.74, 6) is 1.15. The fourth-order valence-electron chi connectivity index (χ4n) is 3.03. The van der Waals surface area contributed by atoms with Crippen LogP contribution >= 0.6 is 11.6 Å². The van der Waals surface area contributed by atoms with E-state index < -0.39 is 0 Å². The molecule has 0 bridgehead atoms. The lowest BCUT2D eigenvalue weighted by Gasteiger charge is -2.18. The molecule has 0 aliphatic carbocycles. The lowest BCUT2D eigenvalue weighted by molar-refractivity contribution is 0.0827. The highest BCUT2D eigenvalue weighted by atomic mass is 35.5. The molecule has 0 spiro atoms. The third-order valence-electron chi connectivity index (χ3n) is 4.75. The number of rotatable bonds is 5. The highest BCUT2D eigenvalue weighted by Crippen LogP contribution is 2.27. The van der Waals surface area contributed by atoms with Gasteiger partial charge in [0.15, 0.2) is 0 Å². The summed E-state index contributed by atoms with van der Waals surface area (Å²) in [6, 6.07) is 10.1. The van der Waals surface area contributed by atoms with Crippen LogP contribution in [-0.2, 0) is 13.6 Å². The number of fused-ring (bicyclic) bond motifs is 1. The Labute approximate surface area is 180 Å². The number of imidazole rings is 1. The Morgan fingerprint density at radius 2 is 1.90 bits per heavy atom. The van der Waals surface area contributed by atoms with Gasteiger partial charge in [-0.05, 0) is 36.4 Å². The SMILES string of the molecule is COc1ccc(NC(=O)N(C)Cc2nc3cc(C(=O)N(C)C)ccc3n2C)cc1Cl. The number of ether oxygens (including phenoxy) is 1. The lowest BCUT2D eigenvalue weighted by Crippen LogP contribution is -2.31. The van der Waals surface area contributed by atoms with Gasteiger partial charge in [-0.25, -0.2) is 9.78 Å². The average Bonchev–Trinajstić information content (AvgIpc) is 3.02. The molecule has 1 heterocycles. The summed E-state index contributed by atoms with van der Waals surface area (Å²) in [6.45, 7) is 0.290. The van der Waals surface area contributed by atoms with Crippen LogP contribution in [0.15, 0.2) is 36.4 Å². The van der Waals surface area contributed by atoms with E-state index in [-0.39, 0.29) is 18.5 Å². The predicted molar refractivity (Wildman–Crippen MR) is 117 cm³/mol. The summed E-state index contributed by atoms with van der Waals surface area (Å²) < 4.78 is 7.03. The first kappa shape index (κ1) is 21.4. The number of methoxy groups -OCH3 is 1. The molecule has 30 heavy (non-hydrogen) atoms. The lowest BCUT2D eigenvalue weighted by atomic mass is 10.2. The summed E-state index contributed by atoms with van der Waals surface area (Å²) in [4.78, 5) is 32.4. The van der Waals surface area contributed by atoms with Crippen LogP contribution in [0.1, 0.15) is 16.2 Å². The molecule has 158 valence electrons. The normalized spacial score (nSPS) is 10.7. The Morgan fingerprint density at radius 3 is 2.53 bits per heavy atom. The molecule has 8 nitrogen and oxygen atoms in total. The van der Waals surface area contributed by atoms with Crippen molar-refractivity contribution in [2.24, 2.45) is 7.05 Å². The molecule has 3 aromatic rings. The highest BCUT2D eigenvalue weighted by molar-refractivity contribution is 6.32. The summed E-state index contributed by atoms with van der Waals surface area (Å²) in [5.41, 5.74) is 2.72. The summed E-state index contributed by atoms with van der Waals surface area (Å²) in [7, 11) is 8.51. The number of nitrogens with zero attached hydrogens (tertiary/aromatic N) is 4. The van der Waals surface area contributed by atoms with E-state index in [1.54, 1.807) is 51.5 Å². The van der Waals surface area contributed by atoms with Gasteiger partial charge in [-0.3, -0.25) is 4.79 Å². The topological polar surface area (TPSA) is 79.7 Å². The zero-order valence-corrected chi connectivity index (χ0v) is 18.3. The van der Waals surface area contributed by atoms with E-state index in [1.165, 1.54) is 16.9 Å². The maximum absolute atomic E-state index is 12.6. The number of hydrogen-bond acceptors (Lipinski definition) is 4. The number of aromatic nitrogens is 2. The standard InChI is InChI=1S/C21H24ClN5O3/c1-25(2)20(28)13-6-8-17-16(10-13)24-19(27(17)4)12-26(3)21(29)23-14-7-9-18(30-5)15(22)11-14/h6-11H,12H2,1-5H3,(H,23,29). The van der Waals surface area contributed by atoms with Crippen molar-refractivity contribution in [3.63, 3.8) is 0 Å². The van der Waals surface area contributed by atoms with E-state index >= 15 is 0 Å². The van der Waals surface area contributed by atoms with Crippen LogP contribution in [0.4, 0.5) is 10.5 Å². The minimum atomic E-state index is -0.299. The molecule has 0 aliphatic heterocycles. The molecule has 0 unspecified atom stereocenters. The second-order valence-corrected chi connectivity index (χ2v) is 7.53. The van der Waals surface area contributed by atoms with Gasteiger partial charge in [-0.15, -0.1) is 0 Å². The van der Waals surface area contributed by atoms with Crippen LogP contribution < -0.4 is 10.1 Å². The number of anilines is 1. The Kier molecular flexibility index (Phi) is 6.17. The van der Waals surface area contributed by atoms with Gasteiger partial charge in [0.1, 0.15) is 11.6 Å². The number of benzene rings is 2. The molecule has 0 saturated heterocycles. The largest absolute Gasteiger partial charge is 0.495 e. The smallest absolute Gasteiger partial charge is 0.321 e. The molecule has 2 aromatic carbocycles. The third-order valence-corrected chi connectivity index (χ3v) is 5.05. The van der Waals surface area contributed by atoms with Gasteiger partial charge in [-0.1, -0.05) is 11.6 Å². The first-order chi connectivity index (χ1) is 14.2. The molecule has 0 atom stereocenters. The number of amides is 3. The monoisotopic (exact) mass is 429 g/mol. The van der Waals surface area contributed by atoms with Crippen LogP contribution in [-0.4, -0.2) is 59.5 Å². The van der Waals surface area contributed by atoms with E-state index in [1.807, 2.05) is 17.7 Å². The van der Waals surface area contributed by atoms with Gasteiger partial charge in [0, 0.05) is 39.4 Å². The molecular weight excluding hydrogens is 406 g/mol. The number of hydrogen-bond donors (Lipinski definition) is 1. The van der Waals surface area contributed by atoms with Crippen LogP contribution in [0, 0.1) is 0 Å². The van der Waals surface area contributed by atoms with Crippen LogP contribution in [0.25, 0.3) is 11.0 Å². The molecule has 3 amide bonds. The van der Waals surface area contributed by atoms with Crippen molar-refractivity contribution in [2.45, 2.75) is 6.54 Å². The molecule has 0 aliphatic rings. The van der Waals surface area contributed by atoms with Crippen molar-refractivity contribution in [1.82, 2.24) is 19.4 Å². The van der Waals surface area contributed by atoms with E-state index in [0.29, 0.717) is 33.4 Å². The molecule has 0 radical (unpaired) electrons. The van der Waals surface area contributed by atoms with Crippen molar-refractivity contribution in [1.29, 1.82) is 0 Å². The van der Waals surface area contributed by atoms with Crippen molar-refractivity contribution in [2.75, 3.05) is 33.6 Å². The van der Waals surface area contributed by atoms with Crippen LogP contribution in [0.5, 0.6) is 5.75 Å². The molecule has 3 rings (SSSR count). The number of nitrogens with one attached hydrogen (secondary N) is 1. The first-order valence-electron chi connectivity index (χ1n) is 9.24. The third kappa shape index (κ3) is 4.33. The molecule has 9 heteroatoms. The Morgan fingerprint density at radius 1 is 1.17 bits per heavy atom. The van der Waals surface area contributed by atoms with E-state index in [9.17, 15) is 9.59 Å². The van der Waals surface area contributed by atoms with Gasteiger partial charge in [0.2, 0.25) is 0 Å². The van der Waals surface area contributed by atoms with E-state index in [2.05, 4.69) is 10.3 Å². The number of carbonyl (C=O) groups excluding carboxylic acids is 2. The maximum atomic E-state index is 12.6. The second kappa shape index (κ2) is 8.62. The van der Waals surface area contributed by atoms with Crippen molar-refractivity contribution < 1.29 is 14.3 Å². The maximum Gasteiger partial charge on any atom is 0.321 e. The summed E-state index contributed by atoms with van der Waals surface area (Å²) in [6.07, 6.45) is 0. The predicted octanol–water partition coefficient (Wildman–Crippen LogP) is 3.60. The van der Waals surface area contributed by atoms with E-state index in [0.717, 1.165) is 5.52 Å². The van der Waals surface area contributed by atoms with Gasteiger partial charge >= 0.3 is 6.03 Å². The fraction of sp³-hybridized carbons (Fsp3) is 0.286. The second-order valence-electron chi connectivity index (χ2n) is 7.13. The van der Waals surface area contributed by atoms with Gasteiger partial charge in [0.25, 0.3) is 5.91 Å². The molecule has 0 fully saturated rings. The molecular formula is C21H24ClN5O3. The number of aryl methyl sites for hydroxylation is 1. The van der Waals surface area contributed by atoms with Crippen LogP contribution in [0.2, 0.25) is 5.02 Å². The Hall–Kier alpha value is -3.26. The molecule has 0 saturated carbocycles. The number of urea groups is 1. The summed E-state index contributed by atoms with van der Waals surface area (Å²) >= 11 is 6.11.